The second kappa shape index (κ2) is 8.78. The highest BCUT2D eigenvalue weighted by Gasteiger charge is 2.35. The van der Waals surface area contributed by atoms with Gasteiger partial charge in [0, 0.05) is 18.0 Å². The smallest absolute Gasteiger partial charge is 0.326 e. The Kier molecular flexibility index (Phi) is 5.90. The molecule has 0 spiro atoms. The monoisotopic (exact) mass is 435 g/mol. The average molecular weight is 435 g/mol. The van der Waals surface area contributed by atoms with Crippen LogP contribution in [0.3, 0.4) is 0 Å². The van der Waals surface area contributed by atoms with Gasteiger partial charge in [-0.15, -0.1) is 0 Å². The highest BCUT2D eigenvalue weighted by atomic mass is 16.5. The molecule has 166 valence electrons. The lowest BCUT2D eigenvalue weighted by atomic mass is 9.81. The van der Waals surface area contributed by atoms with Gasteiger partial charge in [0.1, 0.15) is 6.54 Å². The Morgan fingerprint density at radius 3 is 2.44 bits per heavy atom. The number of hydrogen-bond acceptors (Lipinski definition) is 6. The van der Waals surface area contributed by atoms with E-state index in [2.05, 4.69) is 0 Å². The molecule has 1 atom stereocenters. The number of phenolic OH excluding ortho intramolecular Hbond substituents is 1. The number of amides is 1. The van der Waals surface area contributed by atoms with Crippen molar-refractivity contribution >= 4 is 28.3 Å². The molecule has 0 saturated heterocycles. The van der Waals surface area contributed by atoms with Gasteiger partial charge in [-0.1, -0.05) is 30.3 Å². The summed E-state index contributed by atoms with van der Waals surface area (Å²) in [6.07, 6.45) is 0.150. The van der Waals surface area contributed by atoms with E-state index in [0.717, 1.165) is 21.9 Å². The van der Waals surface area contributed by atoms with Gasteiger partial charge in [0.2, 0.25) is 11.7 Å². The normalized spacial score (nSPS) is 15.4. The maximum Gasteiger partial charge on any atom is 0.326 e. The second-order valence-corrected chi connectivity index (χ2v) is 7.54. The molecule has 4 rings (SSSR count). The minimum Gasteiger partial charge on any atom is -0.502 e. The Morgan fingerprint density at radius 1 is 1.09 bits per heavy atom. The number of benzene rings is 3. The third-order valence-electron chi connectivity index (χ3n) is 5.76. The largest absolute Gasteiger partial charge is 0.502 e. The quantitative estimate of drug-likeness (QED) is 0.589. The minimum absolute atomic E-state index is 0.0945. The van der Waals surface area contributed by atoms with Crippen LogP contribution < -0.4 is 14.4 Å². The maximum absolute atomic E-state index is 13.2. The summed E-state index contributed by atoms with van der Waals surface area (Å²) in [5, 5.41) is 12.4. The van der Waals surface area contributed by atoms with Crippen LogP contribution in [-0.4, -0.2) is 44.4 Å². The van der Waals surface area contributed by atoms with Crippen molar-refractivity contribution in [2.45, 2.75) is 19.3 Å². The third-order valence-corrected chi connectivity index (χ3v) is 5.76. The Morgan fingerprint density at radius 2 is 1.78 bits per heavy atom. The highest BCUT2D eigenvalue weighted by molar-refractivity contribution is 6.05. The predicted molar refractivity (Wildman–Crippen MR) is 121 cm³/mol. The number of aromatic hydroxyl groups is 1. The minimum atomic E-state index is -0.452. The first-order valence-corrected chi connectivity index (χ1v) is 10.4. The summed E-state index contributed by atoms with van der Waals surface area (Å²) in [5.41, 5.74) is 2.38. The van der Waals surface area contributed by atoms with E-state index >= 15 is 0 Å². The van der Waals surface area contributed by atoms with Gasteiger partial charge in [-0.2, -0.15) is 0 Å². The van der Waals surface area contributed by atoms with Gasteiger partial charge < -0.3 is 24.2 Å². The maximum atomic E-state index is 13.2. The molecular weight excluding hydrogens is 410 g/mol. The van der Waals surface area contributed by atoms with Crippen LogP contribution in [0.5, 0.6) is 17.2 Å². The van der Waals surface area contributed by atoms with Crippen molar-refractivity contribution in [2.24, 2.45) is 0 Å². The molecule has 0 saturated carbocycles. The van der Waals surface area contributed by atoms with Gasteiger partial charge in [-0.25, -0.2) is 0 Å². The Hall–Kier alpha value is -3.74. The molecule has 3 aromatic rings. The molecule has 1 heterocycles. The summed E-state index contributed by atoms with van der Waals surface area (Å²) in [7, 11) is 2.93. The molecule has 1 amide bonds. The number of carbonyl (C=O) groups is 2. The predicted octanol–water partition coefficient (Wildman–Crippen LogP) is 3.99. The second-order valence-electron chi connectivity index (χ2n) is 7.54. The lowest BCUT2D eigenvalue weighted by molar-refractivity contribution is -0.142. The van der Waals surface area contributed by atoms with Gasteiger partial charge in [0.15, 0.2) is 11.5 Å². The van der Waals surface area contributed by atoms with E-state index in [1.54, 1.807) is 19.1 Å². The Balaban J connectivity index is 1.92. The average Bonchev–Trinajstić information content (AvgIpc) is 2.80. The number of esters is 1. The van der Waals surface area contributed by atoms with Gasteiger partial charge >= 0.3 is 5.97 Å². The molecule has 7 nitrogen and oxygen atoms in total. The van der Waals surface area contributed by atoms with Crippen LogP contribution in [-0.2, 0) is 14.3 Å². The number of rotatable bonds is 6. The van der Waals surface area contributed by atoms with Crippen molar-refractivity contribution < 1.29 is 28.9 Å². The van der Waals surface area contributed by atoms with Crippen molar-refractivity contribution in [3.8, 4) is 17.2 Å². The van der Waals surface area contributed by atoms with Crippen LogP contribution in [0, 0.1) is 0 Å². The van der Waals surface area contributed by atoms with E-state index in [1.165, 1.54) is 19.1 Å². The SMILES string of the molecule is CCOC(=O)CN1C(=O)CC(c2cc(OC)c(O)c(OC)c2)c2c1ccc1ccccc21. The van der Waals surface area contributed by atoms with E-state index in [1.807, 2.05) is 36.4 Å². The molecule has 1 unspecified atom stereocenters. The fourth-order valence-corrected chi connectivity index (χ4v) is 4.32. The number of hydrogen-bond donors (Lipinski definition) is 1. The first-order valence-electron chi connectivity index (χ1n) is 10.4. The van der Waals surface area contributed by atoms with Gasteiger partial charge in [0.25, 0.3) is 0 Å². The van der Waals surface area contributed by atoms with Crippen molar-refractivity contribution in [2.75, 3.05) is 32.3 Å². The van der Waals surface area contributed by atoms with Gasteiger partial charge in [0.05, 0.1) is 20.8 Å². The molecule has 0 aromatic heterocycles. The van der Waals surface area contributed by atoms with Crippen LogP contribution in [0.15, 0.2) is 48.5 Å². The zero-order valence-electron chi connectivity index (χ0n) is 18.3. The van der Waals surface area contributed by atoms with Crippen LogP contribution in [0.25, 0.3) is 10.8 Å². The number of fused-ring (bicyclic) bond motifs is 3. The third kappa shape index (κ3) is 3.70. The number of nitrogens with zero attached hydrogens (tertiary/aromatic N) is 1. The molecule has 0 fully saturated rings. The summed E-state index contributed by atoms with van der Waals surface area (Å²) >= 11 is 0. The van der Waals surface area contributed by atoms with Crippen LogP contribution >= 0.6 is 0 Å². The molecule has 7 heteroatoms. The van der Waals surface area contributed by atoms with E-state index < -0.39 is 5.97 Å². The van der Waals surface area contributed by atoms with Gasteiger partial charge in [-0.05, 0) is 47.0 Å². The van der Waals surface area contributed by atoms with Crippen molar-refractivity contribution in [3.63, 3.8) is 0 Å². The van der Waals surface area contributed by atoms with E-state index in [-0.39, 0.29) is 48.6 Å². The summed E-state index contributed by atoms with van der Waals surface area (Å²) in [6, 6.07) is 15.2. The Labute approximate surface area is 186 Å². The van der Waals surface area contributed by atoms with E-state index in [9.17, 15) is 14.7 Å². The molecule has 32 heavy (non-hydrogen) atoms. The van der Waals surface area contributed by atoms with Crippen molar-refractivity contribution in [1.82, 2.24) is 0 Å². The summed E-state index contributed by atoms with van der Waals surface area (Å²) in [5.74, 6) is -0.512. The van der Waals surface area contributed by atoms with E-state index in [4.69, 9.17) is 14.2 Å². The molecule has 3 aromatic carbocycles. The summed E-state index contributed by atoms with van der Waals surface area (Å²) in [6.45, 7) is 1.84. The molecule has 1 aliphatic heterocycles. The number of methoxy groups -OCH3 is 2. The topological polar surface area (TPSA) is 85.3 Å². The lowest BCUT2D eigenvalue weighted by Gasteiger charge is -2.35. The number of phenols is 1. The van der Waals surface area contributed by atoms with Crippen molar-refractivity contribution in [1.29, 1.82) is 0 Å². The molecule has 0 aliphatic carbocycles. The number of ether oxygens (including phenoxy) is 3. The molecular formula is C25H25NO6. The van der Waals surface area contributed by atoms with Crippen molar-refractivity contribution in [3.05, 3.63) is 59.7 Å². The fourth-order valence-electron chi connectivity index (χ4n) is 4.32. The Bertz CT molecular complexity index is 1160. The number of anilines is 1. The highest BCUT2D eigenvalue weighted by Crippen LogP contribution is 2.47. The first kappa shape index (κ1) is 21.5. The van der Waals surface area contributed by atoms with E-state index in [0.29, 0.717) is 5.69 Å². The lowest BCUT2D eigenvalue weighted by Crippen LogP contribution is -2.41. The zero-order chi connectivity index (χ0) is 22.8. The fraction of sp³-hybridized carbons (Fsp3) is 0.280. The first-order chi connectivity index (χ1) is 15.5. The van der Waals surface area contributed by atoms with Crippen LogP contribution in [0.2, 0.25) is 0 Å². The molecule has 1 aliphatic rings. The standard InChI is InChI=1S/C25H25NO6/c1-4-32-23(28)14-26-19-10-9-15-7-5-6-8-17(15)24(19)18(13-22(26)27)16-11-20(30-2)25(29)21(12-16)31-3/h5-12,18,29H,4,13-14H2,1-3H3. The summed E-state index contributed by atoms with van der Waals surface area (Å²) < 4.78 is 15.8. The molecule has 0 radical (unpaired) electrons. The zero-order valence-corrected chi connectivity index (χ0v) is 18.3. The van der Waals surface area contributed by atoms with Gasteiger partial charge in [-0.3, -0.25) is 9.59 Å². The van der Waals surface area contributed by atoms with Crippen LogP contribution in [0.1, 0.15) is 30.4 Å². The molecule has 1 N–H and O–H groups in total. The molecule has 0 bridgehead atoms. The summed E-state index contributed by atoms with van der Waals surface area (Å²) in [4.78, 5) is 26.9. The van der Waals surface area contributed by atoms with Crippen LogP contribution in [0.4, 0.5) is 5.69 Å². The number of carbonyl (C=O) groups excluding carboxylic acids is 2.